The number of likely N-dealkylation sites (N-methyl/N-ethyl adjacent to an activating group) is 1. The molecule has 30 heavy (non-hydrogen) atoms. The van der Waals surface area contributed by atoms with Gasteiger partial charge in [0.1, 0.15) is 11.5 Å². The zero-order valence-electron chi connectivity index (χ0n) is 16.8. The lowest BCUT2D eigenvalue weighted by Gasteiger charge is -2.13. The van der Waals surface area contributed by atoms with Gasteiger partial charge in [0.15, 0.2) is 6.61 Å². The lowest BCUT2D eigenvalue weighted by Crippen LogP contribution is -2.24. The van der Waals surface area contributed by atoms with Crippen LogP contribution in [0.15, 0.2) is 54.6 Å². The van der Waals surface area contributed by atoms with Gasteiger partial charge in [-0.1, -0.05) is 60.5 Å². The van der Waals surface area contributed by atoms with Gasteiger partial charge in [-0.15, -0.1) is 0 Å². The number of ether oxygens (including phenoxy) is 1. The average Bonchev–Trinajstić information content (AvgIpc) is 2.75. The largest absolute Gasteiger partial charge is 0.507 e. The molecule has 3 aromatic carbocycles. The van der Waals surface area contributed by atoms with Crippen molar-refractivity contribution >= 4 is 29.1 Å². The quantitative estimate of drug-likeness (QED) is 0.496. The number of hydrogen-bond acceptors (Lipinski definition) is 3. The molecule has 4 nitrogen and oxygen atoms in total. The third kappa shape index (κ3) is 5.26. The van der Waals surface area contributed by atoms with E-state index in [2.05, 4.69) is 24.4 Å². The van der Waals surface area contributed by atoms with Gasteiger partial charge >= 0.3 is 0 Å². The summed E-state index contributed by atoms with van der Waals surface area (Å²) < 4.78 is 5.43. The second-order valence-electron chi connectivity index (χ2n) is 6.91. The van der Waals surface area contributed by atoms with Crippen molar-refractivity contribution in [3.63, 3.8) is 0 Å². The van der Waals surface area contributed by atoms with Crippen LogP contribution in [-0.4, -0.2) is 24.7 Å². The Balaban J connectivity index is 1.87. The van der Waals surface area contributed by atoms with E-state index < -0.39 is 0 Å². The zero-order valence-corrected chi connectivity index (χ0v) is 18.3. The number of phenols is 1. The molecule has 0 aliphatic heterocycles. The van der Waals surface area contributed by atoms with Gasteiger partial charge in [0.05, 0.1) is 0 Å². The van der Waals surface area contributed by atoms with Crippen molar-refractivity contribution in [1.29, 1.82) is 0 Å². The summed E-state index contributed by atoms with van der Waals surface area (Å²) in [5.41, 5.74) is 4.65. The first-order valence-corrected chi connectivity index (χ1v) is 10.4. The smallest absolute Gasteiger partial charge is 0.257 e. The van der Waals surface area contributed by atoms with Gasteiger partial charge in [-0.05, 0) is 52.9 Å². The molecule has 156 valence electrons. The van der Waals surface area contributed by atoms with E-state index in [9.17, 15) is 9.90 Å². The van der Waals surface area contributed by atoms with Crippen molar-refractivity contribution in [3.8, 4) is 22.6 Å². The highest BCUT2D eigenvalue weighted by molar-refractivity contribution is 6.36. The van der Waals surface area contributed by atoms with Crippen LogP contribution in [-0.2, 0) is 17.6 Å². The predicted octanol–water partition coefficient (Wildman–Crippen LogP) is 5.64. The molecule has 0 spiro atoms. The Kier molecular flexibility index (Phi) is 7.24. The number of nitrogens with one attached hydrogen (secondary N) is 1. The summed E-state index contributed by atoms with van der Waals surface area (Å²) in [4.78, 5) is 11.4. The summed E-state index contributed by atoms with van der Waals surface area (Å²) in [6, 6.07) is 16.9. The molecule has 0 aliphatic carbocycles. The van der Waals surface area contributed by atoms with Crippen molar-refractivity contribution in [3.05, 3.63) is 81.3 Å². The molecule has 0 aliphatic rings. The fraction of sp³-hybridized carbons (Fsp3) is 0.208. The Labute approximate surface area is 186 Å². The fourth-order valence-electron chi connectivity index (χ4n) is 3.14. The Morgan fingerprint density at radius 2 is 1.77 bits per heavy atom. The number of hydrogen-bond donors (Lipinski definition) is 2. The minimum absolute atomic E-state index is 0.110. The molecule has 0 fully saturated rings. The second kappa shape index (κ2) is 9.88. The molecule has 0 radical (unpaired) electrons. The third-order valence-electron chi connectivity index (χ3n) is 4.85. The van der Waals surface area contributed by atoms with Crippen LogP contribution in [0, 0.1) is 0 Å². The van der Waals surface area contributed by atoms with Gasteiger partial charge in [0.25, 0.3) is 5.91 Å². The van der Waals surface area contributed by atoms with Crippen LogP contribution in [0.25, 0.3) is 11.1 Å². The Hall–Kier alpha value is -2.69. The molecule has 3 aromatic rings. The Bertz CT molecular complexity index is 1040. The predicted molar refractivity (Wildman–Crippen MR) is 122 cm³/mol. The van der Waals surface area contributed by atoms with Gasteiger partial charge in [-0.25, -0.2) is 0 Å². The normalized spacial score (nSPS) is 10.7. The van der Waals surface area contributed by atoms with Crippen LogP contribution < -0.4 is 10.1 Å². The number of aryl methyl sites for hydroxylation is 1. The number of carbonyl (C=O) groups excluding carboxylic acids is 1. The monoisotopic (exact) mass is 443 g/mol. The lowest BCUT2D eigenvalue weighted by atomic mass is 9.96. The number of amides is 1. The first-order chi connectivity index (χ1) is 14.4. The molecule has 1 amide bonds. The maximum atomic E-state index is 11.4. The van der Waals surface area contributed by atoms with Gasteiger partial charge in [0, 0.05) is 29.1 Å². The minimum atomic E-state index is -0.241. The maximum absolute atomic E-state index is 11.4. The molecule has 2 N–H and O–H groups in total. The Morgan fingerprint density at radius 3 is 2.43 bits per heavy atom. The number of rotatable bonds is 7. The van der Waals surface area contributed by atoms with Gasteiger partial charge < -0.3 is 15.2 Å². The van der Waals surface area contributed by atoms with Crippen LogP contribution in [0.4, 0.5) is 0 Å². The molecule has 0 aromatic heterocycles. The summed E-state index contributed by atoms with van der Waals surface area (Å²) in [5, 5.41) is 13.8. The van der Waals surface area contributed by atoms with E-state index >= 15 is 0 Å². The van der Waals surface area contributed by atoms with E-state index in [0.717, 1.165) is 28.7 Å². The molecule has 0 saturated heterocycles. The molecule has 3 rings (SSSR count). The van der Waals surface area contributed by atoms with Crippen LogP contribution in [0.3, 0.4) is 0 Å². The lowest BCUT2D eigenvalue weighted by molar-refractivity contribution is -0.122. The molecular weight excluding hydrogens is 421 g/mol. The van der Waals surface area contributed by atoms with Crippen LogP contribution in [0.1, 0.15) is 23.6 Å². The maximum Gasteiger partial charge on any atom is 0.257 e. The van der Waals surface area contributed by atoms with E-state index in [4.69, 9.17) is 27.9 Å². The molecule has 0 saturated carbocycles. The fourth-order valence-corrected chi connectivity index (χ4v) is 3.74. The van der Waals surface area contributed by atoms with Crippen LogP contribution >= 0.6 is 23.2 Å². The minimum Gasteiger partial charge on any atom is -0.507 e. The first kappa shape index (κ1) is 22.0. The van der Waals surface area contributed by atoms with Gasteiger partial charge in [0.2, 0.25) is 0 Å². The van der Waals surface area contributed by atoms with Crippen LogP contribution in [0.5, 0.6) is 11.5 Å². The standard InChI is InChI=1S/C24H23Cl2NO3/c1-3-15-5-4-6-17(9-15)19-10-16(7-8-23(19)28)11-20-21(25)12-18(13-22(20)26)30-14-24(29)27-2/h4-10,12-13,28H,3,11,14H2,1-2H3,(H,27,29). The Morgan fingerprint density at radius 1 is 1.03 bits per heavy atom. The van der Waals surface area contributed by atoms with Crippen molar-refractivity contribution < 1.29 is 14.6 Å². The number of aromatic hydroxyl groups is 1. The first-order valence-electron chi connectivity index (χ1n) is 9.63. The molecule has 0 atom stereocenters. The van der Waals surface area contributed by atoms with Crippen molar-refractivity contribution in [2.75, 3.05) is 13.7 Å². The van der Waals surface area contributed by atoms with Crippen molar-refractivity contribution in [1.82, 2.24) is 5.32 Å². The topological polar surface area (TPSA) is 58.6 Å². The molecular formula is C24H23Cl2NO3. The van der Waals surface area contributed by atoms with Crippen molar-refractivity contribution in [2.24, 2.45) is 0 Å². The number of carbonyl (C=O) groups is 1. The molecule has 0 heterocycles. The highest BCUT2D eigenvalue weighted by Crippen LogP contribution is 2.35. The average molecular weight is 444 g/mol. The number of phenolic OH excluding ortho intramolecular Hbond substituents is 1. The third-order valence-corrected chi connectivity index (χ3v) is 5.53. The van der Waals surface area contributed by atoms with E-state index in [-0.39, 0.29) is 18.3 Å². The van der Waals surface area contributed by atoms with E-state index in [1.54, 1.807) is 25.2 Å². The van der Waals surface area contributed by atoms with E-state index in [0.29, 0.717) is 22.2 Å². The molecule has 0 bridgehead atoms. The summed E-state index contributed by atoms with van der Waals surface area (Å²) in [5.74, 6) is 0.414. The summed E-state index contributed by atoms with van der Waals surface area (Å²) >= 11 is 12.9. The molecule has 0 unspecified atom stereocenters. The summed E-state index contributed by atoms with van der Waals surface area (Å²) in [6.45, 7) is 1.99. The van der Waals surface area contributed by atoms with Crippen LogP contribution in [0.2, 0.25) is 10.0 Å². The second-order valence-corrected chi connectivity index (χ2v) is 7.72. The van der Waals surface area contributed by atoms with Gasteiger partial charge in [-0.2, -0.15) is 0 Å². The van der Waals surface area contributed by atoms with E-state index in [1.807, 2.05) is 24.3 Å². The van der Waals surface area contributed by atoms with E-state index in [1.165, 1.54) is 5.56 Å². The van der Waals surface area contributed by atoms with Crippen molar-refractivity contribution in [2.45, 2.75) is 19.8 Å². The number of benzene rings is 3. The summed E-state index contributed by atoms with van der Waals surface area (Å²) in [7, 11) is 1.54. The number of halogens is 2. The SMILES string of the molecule is CCc1cccc(-c2cc(Cc3c(Cl)cc(OCC(=O)NC)cc3Cl)ccc2O)c1. The highest BCUT2D eigenvalue weighted by Gasteiger charge is 2.13. The molecule has 6 heteroatoms. The van der Waals surface area contributed by atoms with Gasteiger partial charge in [-0.3, -0.25) is 4.79 Å². The highest BCUT2D eigenvalue weighted by atomic mass is 35.5. The summed E-state index contributed by atoms with van der Waals surface area (Å²) in [6.07, 6.45) is 1.42. The zero-order chi connectivity index (χ0) is 21.7.